The van der Waals surface area contributed by atoms with Crippen LogP contribution in [0.25, 0.3) is 0 Å². The molecule has 4 nitrogen and oxygen atoms in total. The van der Waals surface area contributed by atoms with E-state index in [2.05, 4.69) is 16.1 Å². The number of esters is 1. The molecule has 1 saturated heterocycles. The normalized spacial score (nSPS) is 34.6. The maximum absolute atomic E-state index is 15.1. The second kappa shape index (κ2) is 6.72. The third-order valence-electron chi connectivity index (χ3n) is 4.72. The maximum atomic E-state index is 15.1. The van der Waals surface area contributed by atoms with Crippen molar-refractivity contribution in [1.29, 1.82) is 0 Å². The summed E-state index contributed by atoms with van der Waals surface area (Å²) in [5.74, 6) is -20.4. The molecule has 0 radical (unpaired) electrons. The lowest BCUT2D eigenvalue weighted by Gasteiger charge is -2.60. The van der Waals surface area contributed by atoms with Crippen LogP contribution in [-0.2, 0) is 14.3 Å². The van der Waals surface area contributed by atoms with E-state index >= 15 is 8.78 Å². The maximum Gasteiger partial charge on any atom is 0.449 e. The van der Waals surface area contributed by atoms with Crippen molar-refractivity contribution in [3.63, 3.8) is 0 Å². The lowest BCUT2D eigenvalue weighted by molar-refractivity contribution is -0.558. The van der Waals surface area contributed by atoms with Gasteiger partial charge in [0.25, 0.3) is 0 Å². The Balaban J connectivity index is 4.14. The Hall–Kier alpha value is -1.57. The fraction of sp³-hybridized carbons (Fsp3) is 0.800. The highest BCUT2D eigenvalue weighted by Gasteiger charge is 2.96. The molecule has 29 heavy (non-hydrogen) atoms. The highest BCUT2D eigenvalue weighted by atomic mass is 19.4. The van der Waals surface area contributed by atoms with Crippen molar-refractivity contribution in [3.05, 3.63) is 12.2 Å². The van der Waals surface area contributed by atoms with Crippen molar-refractivity contribution in [3.8, 4) is 0 Å². The molecule has 1 aliphatic heterocycles. The quantitative estimate of drug-likeness (QED) is 0.389. The monoisotopic (exact) mass is 450 g/mol. The summed E-state index contributed by atoms with van der Waals surface area (Å²) in [4.78, 5) is 11.7. The van der Waals surface area contributed by atoms with E-state index in [0.29, 0.717) is 6.92 Å². The van der Waals surface area contributed by atoms with Gasteiger partial charge in [0.1, 0.15) is 0 Å². The summed E-state index contributed by atoms with van der Waals surface area (Å²) in [6, 6.07) is 0. The fourth-order valence-corrected chi connectivity index (χ4v) is 3.03. The highest BCUT2D eigenvalue weighted by Crippen LogP contribution is 2.67. The first kappa shape index (κ1) is 25.5. The molecule has 1 N–H and O–H groups in total. The van der Waals surface area contributed by atoms with Crippen LogP contribution in [0.3, 0.4) is 0 Å². The molecule has 0 saturated carbocycles. The van der Waals surface area contributed by atoms with Crippen LogP contribution in [0, 0.1) is 0 Å². The molecule has 1 rings (SSSR count). The SMILES string of the molecule is C=C(C)C(=O)OC1(CC)C(F)(F)C(O)(C(F)(F)F)OC(CC)(C(F)(F)F)C1(F)F. The van der Waals surface area contributed by atoms with Crippen LogP contribution in [0.4, 0.5) is 43.9 Å². The smallest absolute Gasteiger partial charge is 0.442 e. The fourth-order valence-electron chi connectivity index (χ4n) is 3.03. The van der Waals surface area contributed by atoms with E-state index in [1.54, 1.807) is 0 Å². The Kier molecular flexibility index (Phi) is 5.90. The molecular formula is C15H16F10O4. The molecule has 0 aromatic heterocycles. The molecule has 0 bridgehead atoms. The number of hydrogen-bond acceptors (Lipinski definition) is 4. The van der Waals surface area contributed by atoms with Crippen molar-refractivity contribution >= 4 is 5.97 Å². The molecule has 0 spiro atoms. The van der Waals surface area contributed by atoms with E-state index in [9.17, 15) is 45.0 Å². The summed E-state index contributed by atoms with van der Waals surface area (Å²) in [5.41, 5.74) is -11.2. The van der Waals surface area contributed by atoms with E-state index in [-0.39, 0.29) is 6.92 Å². The van der Waals surface area contributed by atoms with Gasteiger partial charge in [-0.25, -0.2) is 4.79 Å². The predicted molar refractivity (Wildman–Crippen MR) is 75.0 cm³/mol. The summed E-state index contributed by atoms with van der Waals surface area (Å²) >= 11 is 0. The van der Waals surface area contributed by atoms with E-state index < -0.39 is 65.6 Å². The van der Waals surface area contributed by atoms with Crippen molar-refractivity contribution in [1.82, 2.24) is 0 Å². The topological polar surface area (TPSA) is 55.8 Å². The van der Waals surface area contributed by atoms with Gasteiger partial charge in [-0.2, -0.15) is 43.9 Å². The van der Waals surface area contributed by atoms with Gasteiger partial charge >= 0.3 is 36.0 Å². The van der Waals surface area contributed by atoms with Gasteiger partial charge in [0.15, 0.2) is 0 Å². The molecule has 14 heteroatoms. The Labute approximate surface area is 157 Å². The van der Waals surface area contributed by atoms with Crippen LogP contribution < -0.4 is 0 Å². The summed E-state index contributed by atoms with van der Waals surface area (Å²) in [6.45, 7) is 4.22. The Morgan fingerprint density at radius 1 is 0.966 bits per heavy atom. The van der Waals surface area contributed by atoms with E-state index in [1.165, 1.54) is 0 Å². The van der Waals surface area contributed by atoms with Gasteiger partial charge < -0.3 is 14.6 Å². The average molecular weight is 450 g/mol. The number of rotatable bonds is 4. The molecule has 3 atom stereocenters. The second-order valence-corrected chi connectivity index (χ2v) is 6.42. The molecule has 1 aliphatic rings. The minimum absolute atomic E-state index is 0.280. The number of carbonyl (C=O) groups is 1. The van der Waals surface area contributed by atoms with Gasteiger partial charge in [0.2, 0.25) is 11.2 Å². The Morgan fingerprint density at radius 2 is 1.41 bits per heavy atom. The highest BCUT2D eigenvalue weighted by molar-refractivity contribution is 5.87. The van der Waals surface area contributed by atoms with E-state index in [4.69, 9.17) is 0 Å². The number of hydrogen-bond donors (Lipinski definition) is 1. The number of halogens is 10. The lowest BCUT2D eigenvalue weighted by atomic mass is 9.69. The lowest BCUT2D eigenvalue weighted by Crippen LogP contribution is -2.87. The molecule has 0 amide bonds. The summed E-state index contributed by atoms with van der Waals surface area (Å²) in [5, 5.41) is 9.57. The zero-order chi connectivity index (χ0) is 23.5. The van der Waals surface area contributed by atoms with Gasteiger partial charge in [-0.05, 0) is 19.8 Å². The minimum atomic E-state index is -6.70. The van der Waals surface area contributed by atoms with Crippen molar-refractivity contribution < 1.29 is 63.3 Å². The first-order valence-electron chi connectivity index (χ1n) is 7.86. The first-order chi connectivity index (χ1) is 12.7. The Morgan fingerprint density at radius 3 is 1.69 bits per heavy atom. The molecule has 0 aromatic rings. The molecule has 170 valence electrons. The Bertz CT molecular complexity index is 686. The van der Waals surface area contributed by atoms with E-state index in [1.807, 2.05) is 0 Å². The predicted octanol–water partition coefficient (Wildman–Crippen LogP) is 4.52. The van der Waals surface area contributed by atoms with Gasteiger partial charge in [0, 0.05) is 5.57 Å². The zero-order valence-electron chi connectivity index (χ0n) is 15.1. The molecule has 0 aromatic carbocycles. The van der Waals surface area contributed by atoms with Crippen LogP contribution in [0.5, 0.6) is 0 Å². The van der Waals surface area contributed by atoms with Gasteiger partial charge in [-0.1, -0.05) is 20.4 Å². The first-order valence-corrected chi connectivity index (χ1v) is 7.86. The minimum Gasteiger partial charge on any atom is -0.442 e. The van der Waals surface area contributed by atoms with Crippen molar-refractivity contribution in [2.24, 2.45) is 0 Å². The van der Waals surface area contributed by atoms with Crippen LogP contribution in [0.2, 0.25) is 0 Å². The van der Waals surface area contributed by atoms with Gasteiger partial charge in [0.05, 0.1) is 0 Å². The van der Waals surface area contributed by atoms with Crippen molar-refractivity contribution in [2.45, 2.75) is 74.8 Å². The molecule has 0 aliphatic carbocycles. The summed E-state index contributed by atoms with van der Waals surface area (Å²) in [7, 11) is 0. The number of aliphatic hydroxyl groups is 1. The standard InChI is InChI=1S/C15H16F10O4/c1-5-9(28-8(26)7(3)4)11(16,17)10(6-2,14(20,21)22)29-13(27,12(9,18)19)15(23,24)25/h27H,3,5-6H2,1-2,4H3. The van der Waals surface area contributed by atoms with Crippen molar-refractivity contribution in [2.75, 3.05) is 0 Å². The van der Waals surface area contributed by atoms with Gasteiger partial charge in [-0.15, -0.1) is 0 Å². The number of carbonyl (C=O) groups excluding carboxylic acids is 1. The van der Waals surface area contributed by atoms with E-state index in [0.717, 1.165) is 6.92 Å². The zero-order valence-corrected chi connectivity index (χ0v) is 15.1. The number of ether oxygens (including phenoxy) is 2. The van der Waals surface area contributed by atoms with Crippen LogP contribution in [0.1, 0.15) is 33.6 Å². The molecule has 3 unspecified atom stereocenters. The third-order valence-corrected chi connectivity index (χ3v) is 4.72. The van der Waals surface area contributed by atoms with Crippen LogP contribution >= 0.6 is 0 Å². The van der Waals surface area contributed by atoms with Crippen LogP contribution in [-0.4, -0.2) is 52.3 Å². The largest absolute Gasteiger partial charge is 0.449 e. The van der Waals surface area contributed by atoms with Crippen LogP contribution in [0.15, 0.2) is 12.2 Å². The molecule has 1 fully saturated rings. The summed E-state index contributed by atoms with van der Waals surface area (Å²) in [6.07, 6.45) is -17.1. The number of alkyl halides is 10. The summed E-state index contributed by atoms with van der Waals surface area (Å²) < 4.78 is 147. The third kappa shape index (κ3) is 2.93. The second-order valence-electron chi connectivity index (χ2n) is 6.42. The average Bonchev–Trinajstić information content (AvgIpc) is 2.52. The molecule has 1 heterocycles. The molecular weight excluding hydrogens is 434 g/mol. The van der Waals surface area contributed by atoms with Gasteiger partial charge in [-0.3, -0.25) is 0 Å².